The fourth-order valence-electron chi connectivity index (χ4n) is 3.65. The van der Waals surface area contributed by atoms with Gasteiger partial charge in [0.25, 0.3) is 0 Å². The fourth-order valence-corrected chi connectivity index (χ4v) is 6.77. The lowest BCUT2D eigenvalue weighted by molar-refractivity contribution is 0.469. The second-order valence-electron chi connectivity index (χ2n) is 7.70. The number of hydrogen-bond acceptors (Lipinski definition) is 4. The van der Waals surface area contributed by atoms with Gasteiger partial charge in [0.05, 0.1) is 10.7 Å². The van der Waals surface area contributed by atoms with Gasteiger partial charge in [-0.15, -0.1) is 0 Å². The van der Waals surface area contributed by atoms with Gasteiger partial charge in [0.2, 0.25) is 10.0 Å². The molecule has 2 N–H and O–H groups in total. The van der Waals surface area contributed by atoms with Crippen LogP contribution in [0, 0.1) is 11.7 Å². The van der Waals surface area contributed by atoms with E-state index in [9.17, 15) is 8.42 Å². The molecule has 0 spiro atoms. The Morgan fingerprint density at radius 3 is 2.44 bits per heavy atom. The molecular weight excluding hydrogens is 462 g/mol. The number of hydrogen-bond donors (Lipinski definition) is 2. The molecule has 0 saturated carbocycles. The maximum absolute atomic E-state index is 13.0. The van der Waals surface area contributed by atoms with Crippen LogP contribution in [0.4, 0.5) is 0 Å². The molecule has 0 aliphatic carbocycles. The Kier molecular flexibility index (Phi) is 6.53. The lowest BCUT2D eigenvalue weighted by Crippen LogP contribution is -2.24. The van der Waals surface area contributed by atoms with E-state index in [1.54, 1.807) is 18.2 Å². The number of benzene rings is 3. The van der Waals surface area contributed by atoms with Crippen LogP contribution in [0.1, 0.15) is 27.6 Å². The summed E-state index contributed by atoms with van der Waals surface area (Å²) in [5.74, 6) is 0. The van der Waals surface area contributed by atoms with E-state index < -0.39 is 20.7 Å². The van der Waals surface area contributed by atoms with Gasteiger partial charge in [-0.3, -0.25) is 4.78 Å². The number of aryl methyl sites for hydroxylation is 1. The van der Waals surface area contributed by atoms with Gasteiger partial charge >= 0.3 is 0 Å². The first-order chi connectivity index (χ1) is 15.3. The molecule has 0 saturated heterocycles. The van der Waals surface area contributed by atoms with Gasteiger partial charge in [0, 0.05) is 19.0 Å². The zero-order valence-electron chi connectivity index (χ0n) is 17.7. The standard InChI is InChI=1S/C24H24ClN3O2S2/c1-17-8-10-18(11-9-17)15-27-32(29,30)23-14-20(12-13-21(23)25)22-16-31(26)24(28(22)2)19-6-4-3-5-7-19/h3-14,16,24,26-27H,15H2,1-2H3. The topological polar surface area (TPSA) is 73.3 Å². The van der Waals surface area contributed by atoms with Gasteiger partial charge in [0.1, 0.15) is 10.3 Å². The second kappa shape index (κ2) is 9.19. The molecule has 0 bridgehead atoms. The van der Waals surface area contributed by atoms with Crippen LogP contribution < -0.4 is 4.72 Å². The molecule has 0 radical (unpaired) electrons. The highest BCUT2D eigenvalue weighted by atomic mass is 35.5. The third-order valence-corrected chi connectivity index (χ3v) is 8.83. The molecule has 3 aromatic rings. The molecule has 2 unspecified atom stereocenters. The third kappa shape index (κ3) is 4.66. The van der Waals surface area contributed by atoms with Crippen molar-refractivity contribution in [2.24, 2.45) is 0 Å². The van der Waals surface area contributed by atoms with E-state index in [4.69, 9.17) is 16.4 Å². The smallest absolute Gasteiger partial charge is 0.242 e. The first-order valence-corrected chi connectivity index (χ1v) is 13.3. The zero-order chi connectivity index (χ0) is 22.9. The zero-order valence-corrected chi connectivity index (χ0v) is 20.1. The highest BCUT2D eigenvalue weighted by Crippen LogP contribution is 2.39. The predicted molar refractivity (Wildman–Crippen MR) is 132 cm³/mol. The maximum atomic E-state index is 13.0. The van der Waals surface area contributed by atoms with E-state index in [0.717, 1.165) is 28.0 Å². The van der Waals surface area contributed by atoms with Gasteiger partial charge in [-0.05, 0) is 35.7 Å². The summed E-state index contributed by atoms with van der Waals surface area (Å²) in [6.07, 6.45) is 0. The minimum Gasteiger partial charge on any atom is -0.357 e. The Morgan fingerprint density at radius 2 is 1.75 bits per heavy atom. The van der Waals surface area contributed by atoms with E-state index in [1.165, 1.54) is 0 Å². The maximum Gasteiger partial charge on any atom is 0.242 e. The van der Waals surface area contributed by atoms with Crippen LogP contribution >= 0.6 is 11.6 Å². The Balaban J connectivity index is 1.60. The van der Waals surface area contributed by atoms with Crippen molar-refractivity contribution in [1.82, 2.24) is 9.62 Å². The first-order valence-electron chi connectivity index (χ1n) is 10.0. The Labute approximate surface area is 196 Å². The Hall–Kier alpha value is -2.45. The summed E-state index contributed by atoms with van der Waals surface area (Å²) in [7, 11) is -2.66. The average molecular weight is 486 g/mol. The molecule has 1 aliphatic rings. The lowest BCUT2D eigenvalue weighted by atomic mass is 10.1. The monoisotopic (exact) mass is 485 g/mol. The van der Waals surface area contributed by atoms with E-state index in [0.29, 0.717) is 0 Å². The molecule has 2 atom stereocenters. The number of nitrogens with one attached hydrogen (secondary N) is 2. The molecule has 0 fully saturated rings. The summed E-state index contributed by atoms with van der Waals surface area (Å²) in [6, 6.07) is 22.6. The molecule has 4 rings (SSSR count). The van der Waals surface area contributed by atoms with Crippen molar-refractivity contribution < 1.29 is 8.42 Å². The molecule has 5 nitrogen and oxygen atoms in total. The van der Waals surface area contributed by atoms with Crippen LogP contribution in [-0.4, -0.2) is 20.4 Å². The van der Waals surface area contributed by atoms with Crippen LogP contribution in [0.25, 0.3) is 5.70 Å². The summed E-state index contributed by atoms with van der Waals surface area (Å²) in [4.78, 5) is 2.07. The van der Waals surface area contributed by atoms with Crippen LogP contribution in [0.3, 0.4) is 0 Å². The van der Waals surface area contributed by atoms with Gasteiger partial charge in [-0.25, -0.2) is 13.1 Å². The number of rotatable bonds is 6. The van der Waals surface area contributed by atoms with Crippen molar-refractivity contribution >= 4 is 38.0 Å². The highest BCUT2D eigenvalue weighted by Gasteiger charge is 2.30. The first kappa shape index (κ1) is 22.7. The molecule has 166 valence electrons. The summed E-state index contributed by atoms with van der Waals surface area (Å²) >= 11 is 6.29. The van der Waals surface area contributed by atoms with Crippen LogP contribution in [0.15, 0.2) is 83.1 Å². The fraction of sp³-hybridized carbons (Fsp3) is 0.167. The summed E-state index contributed by atoms with van der Waals surface area (Å²) in [6.45, 7) is 2.16. The molecule has 0 aromatic heterocycles. The van der Waals surface area contributed by atoms with E-state index in [2.05, 4.69) is 4.72 Å². The van der Waals surface area contributed by atoms with Gasteiger partial charge in [0.15, 0.2) is 0 Å². The summed E-state index contributed by atoms with van der Waals surface area (Å²) < 4.78 is 37.3. The van der Waals surface area contributed by atoms with E-state index >= 15 is 0 Å². The normalized spacial score (nSPS) is 18.6. The highest BCUT2D eigenvalue weighted by molar-refractivity contribution is 7.90. The van der Waals surface area contributed by atoms with Crippen molar-refractivity contribution in [2.45, 2.75) is 23.7 Å². The molecule has 1 heterocycles. The molecular formula is C24H24ClN3O2S2. The van der Waals surface area contributed by atoms with Gasteiger partial charge in [-0.2, -0.15) is 0 Å². The van der Waals surface area contributed by atoms with Crippen molar-refractivity contribution in [3.05, 3.63) is 105 Å². The Bertz CT molecular complexity index is 1290. The molecule has 32 heavy (non-hydrogen) atoms. The number of nitrogens with zero attached hydrogens (tertiary/aromatic N) is 1. The minimum absolute atomic E-state index is 0.0334. The SMILES string of the molecule is Cc1ccc(CNS(=O)(=O)c2cc(C3=CS(=N)C(c4ccccc4)N3C)ccc2Cl)cc1. The van der Waals surface area contributed by atoms with Crippen LogP contribution in [0.5, 0.6) is 0 Å². The van der Waals surface area contributed by atoms with E-state index in [-0.39, 0.29) is 21.8 Å². The summed E-state index contributed by atoms with van der Waals surface area (Å²) in [5.41, 5.74) is 4.58. The number of halogens is 1. The van der Waals surface area contributed by atoms with Crippen LogP contribution in [-0.2, 0) is 27.3 Å². The molecule has 0 amide bonds. The van der Waals surface area contributed by atoms with E-state index in [1.807, 2.05) is 78.9 Å². The summed E-state index contributed by atoms with van der Waals surface area (Å²) in [5, 5.41) is 1.94. The van der Waals surface area contributed by atoms with Crippen LogP contribution in [0.2, 0.25) is 5.02 Å². The average Bonchev–Trinajstić information content (AvgIpc) is 3.08. The number of sulfonamides is 1. The third-order valence-electron chi connectivity index (χ3n) is 5.40. The largest absolute Gasteiger partial charge is 0.357 e. The lowest BCUT2D eigenvalue weighted by Gasteiger charge is -2.26. The minimum atomic E-state index is -3.82. The predicted octanol–water partition coefficient (Wildman–Crippen LogP) is 5.45. The van der Waals surface area contributed by atoms with Crippen molar-refractivity contribution in [2.75, 3.05) is 7.05 Å². The van der Waals surface area contributed by atoms with Gasteiger partial charge < -0.3 is 4.90 Å². The van der Waals surface area contributed by atoms with Crippen molar-refractivity contribution in [3.63, 3.8) is 0 Å². The molecule has 1 aliphatic heterocycles. The Morgan fingerprint density at radius 1 is 1.06 bits per heavy atom. The second-order valence-corrected chi connectivity index (χ2v) is 11.3. The van der Waals surface area contributed by atoms with Gasteiger partial charge in [-0.1, -0.05) is 88.5 Å². The quantitative estimate of drug-likeness (QED) is 0.487. The van der Waals surface area contributed by atoms with Crippen molar-refractivity contribution in [1.29, 1.82) is 4.78 Å². The van der Waals surface area contributed by atoms with Crippen molar-refractivity contribution in [3.8, 4) is 0 Å². The molecule has 8 heteroatoms. The molecule has 3 aromatic carbocycles.